The smallest absolute Gasteiger partial charge is 0.324 e. The van der Waals surface area contributed by atoms with Gasteiger partial charge < -0.3 is 15.5 Å². The first-order chi connectivity index (χ1) is 18.4. The van der Waals surface area contributed by atoms with E-state index >= 15 is 0 Å². The second-order valence-electron chi connectivity index (χ2n) is 9.91. The molecule has 1 aliphatic heterocycles. The van der Waals surface area contributed by atoms with Crippen molar-refractivity contribution in [1.29, 1.82) is 0 Å². The van der Waals surface area contributed by atoms with E-state index in [-0.39, 0.29) is 5.91 Å². The first kappa shape index (κ1) is 25.6. The summed E-state index contributed by atoms with van der Waals surface area (Å²) in [5.41, 5.74) is 6.26. The van der Waals surface area contributed by atoms with Crippen molar-refractivity contribution in [2.24, 2.45) is 0 Å². The molecule has 0 atom stereocenters. The molecular formula is C29H33BN7O+. The minimum absolute atomic E-state index is 0.138. The summed E-state index contributed by atoms with van der Waals surface area (Å²) in [6.07, 6.45) is 5.74. The topological polar surface area (TPSA) is 77.3 Å². The third-order valence-corrected chi connectivity index (χ3v) is 6.85. The monoisotopic (exact) mass is 506 g/mol. The van der Waals surface area contributed by atoms with Crippen molar-refractivity contribution in [3.8, 4) is 11.3 Å². The van der Waals surface area contributed by atoms with Gasteiger partial charge in [0.15, 0.2) is 6.20 Å². The van der Waals surface area contributed by atoms with Gasteiger partial charge in [-0.2, -0.15) is 0 Å². The molecule has 3 heterocycles. The van der Waals surface area contributed by atoms with Crippen molar-refractivity contribution in [3.63, 3.8) is 0 Å². The summed E-state index contributed by atoms with van der Waals surface area (Å²) in [6, 6.07) is 19.6. The molecule has 192 valence electrons. The fourth-order valence-electron chi connectivity index (χ4n) is 4.50. The highest BCUT2D eigenvalue weighted by atomic mass is 16.1. The molecule has 8 nitrogen and oxygen atoms in total. The summed E-state index contributed by atoms with van der Waals surface area (Å²) in [4.78, 5) is 26.8. The lowest BCUT2D eigenvalue weighted by molar-refractivity contribution is -0.520. The van der Waals surface area contributed by atoms with Gasteiger partial charge in [-0.15, -0.1) is 0 Å². The van der Waals surface area contributed by atoms with Crippen LogP contribution in [0.2, 0.25) is 0 Å². The first-order valence-electron chi connectivity index (χ1n) is 12.9. The number of hydrogen-bond donors (Lipinski definition) is 2. The van der Waals surface area contributed by atoms with Gasteiger partial charge in [-0.05, 0) is 61.5 Å². The number of benzene rings is 2. The molecule has 1 aliphatic rings. The normalized spacial score (nSPS) is 14.3. The number of carbonyl (C=O) groups is 1. The molecule has 2 N–H and O–H groups in total. The number of pyridine rings is 1. The van der Waals surface area contributed by atoms with Crippen molar-refractivity contribution in [3.05, 3.63) is 95.9 Å². The molecule has 2 aromatic carbocycles. The Balaban J connectivity index is 1.24. The molecule has 0 aliphatic carbocycles. The molecule has 2 aromatic heterocycles. The molecule has 0 radical (unpaired) electrons. The molecule has 0 unspecified atom stereocenters. The van der Waals surface area contributed by atoms with Crippen LogP contribution in [0.15, 0.2) is 79.3 Å². The molecule has 0 saturated carbocycles. The summed E-state index contributed by atoms with van der Waals surface area (Å²) >= 11 is 0. The van der Waals surface area contributed by atoms with Crippen LogP contribution in [0.3, 0.4) is 0 Å². The third kappa shape index (κ3) is 6.43. The van der Waals surface area contributed by atoms with Crippen LogP contribution in [0.4, 0.5) is 17.3 Å². The summed E-state index contributed by atoms with van der Waals surface area (Å²) in [6.45, 7) is 7.25. The van der Waals surface area contributed by atoms with E-state index in [9.17, 15) is 4.79 Å². The molecule has 1 saturated heterocycles. The molecule has 38 heavy (non-hydrogen) atoms. The zero-order valence-corrected chi connectivity index (χ0v) is 22.2. The zero-order chi connectivity index (χ0) is 26.5. The summed E-state index contributed by atoms with van der Waals surface area (Å²) < 4.78 is 1.99. The Hall–Kier alpha value is -4.08. The van der Waals surface area contributed by atoms with E-state index in [0.29, 0.717) is 17.2 Å². The van der Waals surface area contributed by atoms with E-state index in [1.807, 2.05) is 92.4 Å². The third-order valence-electron chi connectivity index (χ3n) is 6.85. The second-order valence-corrected chi connectivity index (χ2v) is 9.91. The van der Waals surface area contributed by atoms with E-state index in [0.717, 1.165) is 55.2 Å². The molecule has 0 bridgehead atoms. The van der Waals surface area contributed by atoms with Crippen LogP contribution in [0.25, 0.3) is 11.3 Å². The Labute approximate surface area is 224 Å². The van der Waals surface area contributed by atoms with Crippen LogP contribution < -0.4 is 15.1 Å². The molecule has 9 heteroatoms. The van der Waals surface area contributed by atoms with Gasteiger partial charge in [0.1, 0.15) is 6.20 Å². The maximum Gasteiger partial charge on any atom is 0.455 e. The van der Waals surface area contributed by atoms with Gasteiger partial charge in [0.05, 0.1) is 11.3 Å². The second kappa shape index (κ2) is 11.5. The van der Waals surface area contributed by atoms with Gasteiger partial charge in [-0.3, -0.25) is 14.2 Å². The average Bonchev–Trinajstić information content (AvgIpc) is 2.92. The molecule has 4 aromatic rings. The maximum atomic E-state index is 13.0. The van der Waals surface area contributed by atoms with E-state index in [2.05, 4.69) is 37.4 Å². The Morgan fingerprint density at radius 2 is 1.84 bits per heavy atom. The number of amides is 1. The average molecular weight is 506 g/mol. The van der Waals surface area contributed by atoms with Crippen LogP contribution in [0.5, 0.6) is 0 Å². The molecule has 5 rings (SSSR count). The van der Waals surface area contributed by atoms with E-state index in [1.54, 1.807) is 6.20 Å². The number of rotatable bonds is 7. The van der Waals surface area contributed by atoms with E-state index < -0.39 is 0 Å². The van der Waals surface area contributed by atoms with Gasteiger partial charge in [-0.1, -0.05) is 18.2 Å². The number of carbonyl (C=O) groups excluding carboxylic acids is 1. The van der Waals surface area contributed by atoms with Crippen LogP contribution in [0.1, 0.15) is 21.5 Å². The van der Waals surface area contributed by atoms with Gasteiger partial charge in [0.2, 0.25) is 5.95 Å². The lowest BCUT2D eigenvalue weighted by Crippen LogP contribution is -2.43. The number of aryl methyl sites for hydroxylation is 1. The van der Waals surface area contributed by atoms with Gasteiger partial charge in [0.25, 0.3) is 5.91 Å². The number of nitrogens with one attached hydrogen (secondary N) is 2. The highest BCUT2D eigenvalue weighted by molar-refractivity contribution is 6.04. The Bertz CT molecular complexity index is 1420. The molecular weight excluding hydrogens is 473 g/mol. The Morgan fingerprint density at radius 1 is 1.05 bits per heavy atom. The van der Waals surface area contributed by atoms with Crippen LogP contribution in [-0.4, -0.2) is 66.9 Å². The summed E-state index contributed by atoms with van der Waals surface area (Å²) in [5.74, 6) is 0.359. The predicted molar refractivity (Wildman–Crippen MR) is 153 cm³/mol. The Kier molecular flexibility index (Phi) is 7.76. The van der Waals surface area contributed by atoms with Crippen molar-refractivity contribution in [1.82, 2.24) is 19.8 Å². The largest absolute Gasteiger partial charge is 0.455 e. The first-order valence-corrected chi connectivity index (χ1v) is 12.9. The number of hydrogen-bond acceptors (Lipinski definition) is 6. The number of aromatic nitrogens is 3. The highest BCUT2D eigenvalue weighted by Crippen LogP contribution is 2.24. The minimum atomic E-state index is -0.138. The predicted octanol–water partition coefficient (Wildman–Crippen LogP) is 2.88. The van der Waals surface area contributed by atoms with E-state index in [1.165, 1.54) is 5.56 Å². The highest BCUT2D eigenvalue weighted by Gasteiger charge is 2.15. The fraction of sp³-hybridized carbons (Fsp3) is 0.241. The number of anilines is 3. The lowest BCUT2D eigenvalue weighted by atomic mass is 10.1. The molecule has 0 spiro atoms. The number of piperazine rings is 1. The van der Waals surface area contributed by atoms with Crippen molar-refractivity contribution in [2.45, 2.75) is 13.5 Å². The fourth-order valence-corrected chi connectivity index (χ4v) is 4.50. The van der Waals surface area contributed by atoms with Crippen LogP contribution in [-0.2, 0) is 6.54 Å². The summed E-state index contributed by atoms with van der Waals surface area (Å²) in [7, 11) is 4.14. The van der Waals surface area contributed by atoms with Gasteiger partial charge >= 0.3 is 7.98 Å². The standard InChI is InChI=1S/C29H32BN7O/c1-21-5-10-25(18-27(21)34-29-31-12-11-26(33-29)24-4-3-13-37(30)20-24)32-28(38)23-8-6-22(7-9-23)19-36-16-14-35(2)15-17-36/h3-13,18,20H,14-17,19,30H2,1-2H3,(H-,31,32,33,34,38)/p+1. The lowest BCUT2D eigenvalue weighted by Gasteiger charge is -2.32. The van der Waals surface area contributed by atoms with Crippen LogP contribution in [0, 0.1) is 6.92 Å². The minimum Gasteiger partial charge on any atom is -0.324 e. The van der Waals surface area contributed by atoms with Crippen LogP contribution >= 0.6 is 0 Å². The van der Waals surface area contributed by atoms with E-state index in [4.69, 9.17) is 0 Å². The SMILES string of the molecule is B[n+]1cccc(-c2ccnc(Nc3cc(NC(=O)c4ccc(CN5CCN(C)CC5)cc4)ccc3C)n2)c1. The molecule has 1 fully saturated rings. The zero-order valence-electron chi connectivity index (χ0n) is 22.2. The van der Waals surface area contributed by atoms with Crippen molar-refractivity contribution >= 4 is 31.2 Å². The number of likely N-dealkylation sites (N-methyl/N-ethyl adjacent to an activating group) is 1. The maximum absolute atomic E-state index is 13.0. The summed E-state index contributed by atoms with van der Waals surface area (Å²) in [5, 5.41) is 6.33. The Morgan fingerprint density at radius 3 is 2.61 bits per heavy atom. The van der Waals surface area contributed by atoms with Gasteiger partial charge in [-0.25, -0.2) is 9.97 Å². The quantitative estimate of drug-likeness (QED) is 0.376. The van der Waals surface area contributed by atoms with Crippen molar-refractivity contribution in [2.75, 3.05) is 43.9 Å². The molecule has 1 amide bonds. The van der Waals surface area contributed by atoms with Gasteiger partial charge in [0, 0.05) is 61.9 Å². The number of nitrogens with zero attached hydrogens (tertiary/aromatic N) is 5. The van der Waals surface area contributed by atoms with Crippen molar-refractivity contribution < 1.29 is 9.27 Å².